The number of rotatable bonds is 7. The van der Waals surface area contributed by atoms with Gasteiger partial charge in [0, 0.05) is 17.4 Å². The van der Waals surface area contributed by atoms with Gasteiger partial charge >= 0.3 is 6.18 Å². The van der Waals surface area contributed by atoms with Gasteiger partial charge in [-0.05, 0) is 65.4 Å². The molecule has 0 spiro atoms. The number of benzene rings is 2. The highest BCUT2D eigenvalue weighted by Crippen LogP contribution is 2.45. The lowest BCUT2D eigenvalue weighted by Crippen LogP contribution is -2.16. The summed E-state index contributed by atoms with van der Waals surface area (Å²) in [5, 5.41) is 11.8. The highest BCUT2D eigenvalue weighted by molar-refractivity contribution is 6.30. The van der Waals surface area contributed by atoms with E-state index in [1.54, 1.807) is 42.7 Å². The van der Waals surface area contributed by atoms with Crippen molar-refractivity contribution in [3.8, 4) is 0 Å². The zero-order chi connectivity index (χ0) is 22.7. The fraction of sp³-hybridized carbons (Fsp3) is 0.240. The van der Waals surface area contributed by atoms with Gasteiger partial charge in [-0.3, -0.25) is 4.98 Å². The zero-order valence-electron chi connectivity index (χ0n) is 17.0. The summed E-state index contributed by atoms with van der Waals surface area (Å²) in [7, 11) is 0. The van der Waals surface area contributed by atoms with Crippen molar-refractivity contribution in [3.63, 3.8) is 0 Å². The van der Waals surface area contributed by atoms with Crippen molar-refractivity contribution in [1.29, 1.82) is 0 Å². The second-order valence-corrected chi connectivity index (χ2v) is 8.15. The summed E-state index contributed by atoms with van der Waals surface area (Å²) in [4.78, 5) is 4.10. The molecule has 3 nitrogen and oxygen atoms in total. The molecule has 2 atom stereocenters. The number of ether oxygens (including phenoxy) is 1. The number of pyridine rings is 1. The summed E-state index contributed by atoms with van der Waals surface area (Å²) >= 11 is 6.05. The predicted molar refractivity (Wildman–Crippen MR) is 116 cm³/mol. The fourth-order valence-corrected chi connectivity index (χ4v) is 3.74. The van der Waals surface area contributed by atoms with Crippen LogP contribution < -0.4 is 0 Å². The van der Waals surface area contributed by atoms with Crippen molar-refractivity contribution in [2.45, 2.75) is 37.6 Å². The third kappa shape index (κ3) is 5.31. The van der Waals surface area contributed by atoms with Crippen LogP contribution in [0.3, 0.4) is 0 Å². The lowest BCUT2D eigenvalue weighted by Gasteiger charge is -2.27. The molecule has 2 aromatic carbocycles. The molecule has 4 rings (SSSR count). The van der Waals surface area contributed by atoms with Crippen LogP contribution in [-0.4, -0.2) is 10.1 Å². The number of allylic oxidation sites excluding steroid dienone is 1. The average Bonchev–Trinajstić information content (AvgIpc) is 3.63. The van der Waals surface area contributed by atoms with Crippen LogP contribution in [0.4, 0.5) is 13.2 Å². The standard InChI is InChI=1S/C25H21ClF3NO2/c26-21-10-8-17(9-11-21)22(23(31)19-4-2-12-30-14-19)24(18-6-7-18)32-15-16-3-1-5-20(13-16)25(27,28)29/h1-5,8-14,22-23,31H,6-7,15H2. The Bertz CT molecular complexity index is 1090. The smallest absolute Gasteiger partial charge is 0.416 e. The van der Waals surface area contributed by atoms with Gasteiger partial charge in [0.1, 0.15) is 12.4 Å². The molecule has 0 aliphatic heterocycles. The minimum atomic E-state index is -4.42. The molecule has 2 unspecified atom stereocenters. The zero-order valence-corrected chi connectivity index (χ0v) is 17.8. The summed E-state index contributed by atoms with van der Waals surface area (Å²) in [6, 6.07) is 15.7. The minimum Gasteiger partial charge on any atom is -0.493 e. The van der Waals surface area contributed by atoms with Crippen LogP contribution in [0.1, 0.15) is 47.1 Å². The van der Waals surface area contributed by atoms with Crippen molar-refractivity contribution in [2.75, 3.05) is 0 Å². The topological polar surface area (TPSA) is 42.4 Å². The summed E-state index contributed by atoms with van der Waals surface area (Å²) in [5.41, 5.74) is 2.14. The average molecular weight is 460 g/mol. The number of hydrogen-bond donors (Lipinski definition) is 1. The Balaban J connectivity index is 1.66. The summed E-state index contributed by atoms with van der Waals surface area (Å²) in [5.74, 6) is 0.0425. The van der Waals surface area contributed by atoms with Crippen LogP contribution in [0.25, 0.3) is 0 Å². The molecule has 1 saturated carbocycles. The summed E-state index contributed by atoms with van der Waals surface area (Å²) < 4.78 is 45.4. The van der Waals surface area contributed by atoms with E-state index < -0.39 is 23.8 Å². The van der Waals surface area contributed by atoms with E-state index in [4.69, 9.17) is 16.3 Å². The Hall–Kier alpha value is -2.83. The van der Waals surface area contributed by atoms with E-state index in [9.17, 15) is 18.3 Å². The van der Waals surface area contributed by atoms with Crippen LogP contribution in [0.5, 0.6) is 0 Å². The number of aliphatic hydroxyl groups excluding tert-OH is 1. The summed E-state index contributed by atoms with van der Waals surface area (Å²) in [6.07, 6.45) is -0.512. The predicted octanol–water partition coefficient (Wildman–Crippen LogP) is 6.84. The maximum atomic E-state index is 13.1. The molecule has 0 radical (unpaired) electrons. The van der Waals surface area contributed by atoms with Crippen LogP contribution >= 0.6 is 11.6 Å². The quantitative estimate of drug-likeness (QED) is 0.393. The molecule has 1 aliphatic carbocycles. The number of nitrogens with zero attached hydrogens (tertiary/aromatic N) is 1. The van der Waals surface area contributed by atoms with Crippen LogP contribution in [0.2, 0.25) is 5.02 Å². The molecule has 1 fully saturated rings. The van der Waals surface area contributed by atoms with E-state index in [0.717, 1.165) is 36.1 Å². The monoisotopic (exact) mass is 459 g/mol. The number of alkyl halides is 3. The lowest BCUT2D eigenvalue weighted by molar-refractivity contribution is -0.137. The first-order valence-corrected chi connectivity index (χ1v) is 10.5. The molecule has 166 valence electrons. The van der Waals surface area contributed by atoms with Crippen LogP contribution in [-0.2, 0) is 17.5 Å². The molecule has 0 amide bonds. The van der Waals surface area contributed by atoms with Gasteiger partial charge in [-0.1, -0.05) is 41.9 Å². The Morgan fingerprint density at radius 1 is 1.03 bits per heavy atom. The molecule has 32 heavy (non-hydrogen) atoms. The third-order valence-corrected chi connectivity index (χ3v) is 5.60. The van der Waals surface area contributed by atoms with Gasteiger partial charge in [0.15, 0.2) is 0 Å². The van der Waals surface area contributed by atoms with E-state index in [1.807, 2.05) is 12.1 Å². The van der Waals surface area contributed by atoms with Crippen LogP contribution in [0, 0.1) is 0 Å². The van der Waals surface area contributed by atoms with E-state index in [-0.39, 0.29) is 6.61 Å². The molecule has 3 aromatic rings. The molecule has 0 bridgehead atoms. The Kier molecular flexibility index (Phi) is 6.53. The fourth-order valence-electron chi connectivity index (χ4n) is 3.61. The van der Waals surface area contributed by atoms with Crippen molar-refractivity contribution >= 4 is 11.6 Å². The van der Waals surface area contributed by atoms with E-state index >= 15 is 0 Å². The Morgan fingerprint density at radius 3 is 2.41 bits per heavy atom. The number of hydrogen-bond acceptors (Lipinski definition) is 3. The number of halogens is 4. The van der Waals surface area contributed by atoms with E-state index in [2.05, 4.69) is 4.98 Å². The lowest BCUT2D eigenvalue weighted by atomic mass is 9.87. The van der Waals surface area contributed by atoms with Gasteiger partial charge in [0.05, 0.1) is 17.6 Å². The highest BCUT2D eigenvalue weighted by atomic mass is 35.5. The van der Waals surface area contributed by atoms with Gasteiger partial charge in [0.2, 0.25) is 0 Å². The van der Waals surface area contributed by atoms with Gasteiger partial charge < -0.3 is 9.84 Å². The molecular formula is C25H21ClF3NO2. The number of aliphatic hydroxyl groups is 1. The van der Waals surface area contributed by atoms with Crippen molar-refractivity contribution in [2.24, 2.45) is 0 Å². The van der Waals surface area contributed by atoms with Crippen molar-refractivity contribution < 1.29 is 23.0 Å². The highest BCUT2D eigenvalue weighted by Gasteiger charge is 2.34. The van der Waals surface area contributed by atoms with Crippen LogP contribution in [0.15, 0.2) is 84.4 Å². The second-order valence-electron chi connectivity index (χ2n) is 7.72. The first-order valence-electron chi connectivity index (χ1n) is 10.2. The molecule has 7 heteroatoms. The summed E-state index contributed by atoms with van der Waals surface area (Å²) in [6.45, 7) is -0.0351. The van der Waals surface area contributed by atoms with Crippen molar-refractivity contribution in [3.05, 3.63) is 112 Å². The molecule has 1 heterocycles. The normalized spacial score (nSPS) is 15.2. The first kappa shape index (κ1) is 22.4. The van der Waals surface area contributed by atoms with Gasteiger partial charge in [0.25, 0.3) is 0 Å². The maximum Gasteiger partial charge on any atom is 0.416 e. The van der Waals surface area contributed by atoms with Gasteiger partial charge in [-0.25, -0.2) is 0 Å². The molecule has 1 aliphatic rings. The second kappa shape index (κ2) is 9.35. The van der Waals surface area contributed by atoms with Gasteiger partial charge in [-0.2, -0.15) is 13.2 Å². The van der Waals surface area contributed by atoms with Crippen molar-refractivity contribution in [1.82, 2.24) is 4.98 Å². The largest absolute Gasteiger partial charge is 0.493 e. The Morgan fingerprint density at radius 2 is 1.78 bits per heavy atom. The van der Waals surface area contributed by atoms with E-state index in [0.29, 0.717) is 21.9 Å². The third-order valence-electron chi connectivity index (χ3n) is 5.35. The van der Waals surface area contributed by atoms with Gasteiger partial charge in [-0.15, -0.1) is 0 Å². The number of aromatic nitrogens is 1. The molecule has 1 aromatic heterocycles. The first-order chi connectivity index (χ1) is 15.3. The minimum absolute atomic E-state index is 0.0351. The van der Waals surface area contributed by atoms with E-state index in [1.165, 1.54) is 6.07 Å². The Labute approximate surface area is 189 Å². The SMILES string of the molecule is OC(c1cccnc1)C(C(OCc1cccc(C(F)(F)F)c1)=C1CC1)c1ccc(Cl)cc1. The molecular weight excluding hydrogens is 439 g/mol. The maximum absolute atomic E-state index is 13.1. The molecule has 1 N–H and O–H groups in total. The molecule has 0 saturated heterocycles.